The number of pyridine rings is 1. The smallest absolute Gasteiger partial charge is 0.247 e. The molecule has 0 radical (unpaired) electrons. The molecule has 6 nitrogen and oxygen atoms in total. The van der Waals surface area contributed by atoms with Gasteiger partial charge in [0.1, 0.15) is 10.9 Å². The number of carbonyl (C=O) groups excluding carboxylic acids is 1. The summed E-state index contributed by atoms with van der Waals surface area (Å²) in [6.07, 6.45) is 10.4. The molecule has 3 rings (SSSR count). The van der Waals surface area contributed by atoms with Crippen LogP contribution in [0, 0.1) is 6.92 Å². The van der Waals surface area contributed by atoms with Gasteiger partial charge < -0.3 is 9.32 Å². The molecule has 0 aliphatic rings. The maximum atomic E-state index is 13.0. The summed E-state index contributed by atoms with van der Waals surface area (Å²) in [4.78, 5) is 18.8. The molecule has 3 heterocycles. The first-order valence-electron chi connectivity index (χ1n) is 9.69. The Morgan fingerprint density at radius 1 is 1.31 bits per heavy atom. The minimum atomic E-state index is -0.137. The summed E-state index contributed by atoms with van der Waals surface area (Å²) < 4.78 is 7.22. The van der Waals surface area contributed by atoms with Crippen LogP contribution in [-0.4, -0.2) is 25.6 Å². The van der Waals surface area contributed by atoms with Gasteiger partial charge in [0, 0.05) is 37.1 Å². The Hall–Kier alpha value is -2.86. The highest BCUT2D eigenvalue weighted by atomic mass is 35.5. The molecule has 29 heavy (non-hydrogen) atoms. The van der Waals surface area contributed by atoms with Crippen LogP contribution in [0.5, 0.6) is 0 Å². The second-order valence-electron chi connectivity index (χ2n) is 6.83. The monoisotopic (exact) mass is 412 g/mol. The van der Waals surface area contributed by atoms with Crippen LogP contribution in [0.4, 0.5) is 0 Å². The van der Waals surface area contributed by atoms with E-state index in [9.17, 15) is 4.79 Å². The molecule has 0 atom stereocenters. The summed E-state index contributed by atoms with van der Waals surface area (Å²) in [6, 6.07) is 7.46. The van der Waals surface area contributed by atoms with Crippen molar-refractivity contribution in [1.82, 2.24) is 19.7 Å². The van der Waals surface area contributed by atoms with Crippen molar-refractivity contribution < 1.29 is 9.21 Å². The van der Waals surface area contributed by atoms with Crippen LogP contribution in [0.15, 0.2) is 53.4 Å². The molecule has 0 bridgehead atoms. The van der Waals surface area contributed by atoms with Gasteiger partial charge in [-0.2, -0.15) is 5.10 Å². The SMILES string of the molecule is CCCCn1nc(C)c(C=CC(=O)N(Cc2cccnc2)Cc2ccco2)c1Cl. The van der Waals surface area contributed by atoms with E-state index in [0.29, 0.717) is 18.2 Å². The molecule has 0 saturated carbocycles. The van der Waals surface area contributed by atoms with Gasteiger partial charge in [0.25, 0.3) is 0 Å². The molecular formula is C22H25ClN4O2. The first-order valence-corrected chi connectivity index (χ1v) is 10.1. The Balaban J connectivity index is 1.78. The van der Waals surface area contributed by atoms with E-state index in [2.05, 4.69) is 17.0 Å². The van der Waals surface area contributed by atoms with Crippen LogP contribution in [0.1, 0.15) is 42.3 Å². The van der Waals surface area contributed by atoms with Crippen molar-refractivity contribution in [3.05, 3.63) is 76.7 Å². The predicted molar refractivity (Wildman–Crippen MR) is 113 cm³/mol. The number of nitrogens with zero attached hydrogens (tertiary/aromatic N) is 4. The predicted octanol–water partition coefficient (Wildman–Crippen LogP) is 4.88. The van der Waals surface area contributed by atoms with E-state index in [4.69, 9.17) is 16.0 Å². The van der Waals surface area contributed by atoms with Gasteiger partial charge in [-0.1, -0.05) is 31.0 Å². The number of rotatable bonds is 9. The Bertz CT molecular complexity index is 949. The molecule has 0 unspecified atom stereocenters. The number of carbonyl (C=O) groups is 1. The topological polar surface area (TPSA) is 64.2 Å². The number of aryl methyl sites for hydroxylation is 2. The average molecular weight is 413 g/mol. The van der Waals surface area contributed by atoms with Gasteiger partial charge in [-0.15, -0.1) is 0 Å². The molecule has 3 aromatic rings. The fraction of sp³-hybridized carbons (Fsp3) is 0.318. The number of halogens is 1. The molecular weight excluding hydrogens is 388 g/mol. The van der Waals surface area contributed by atoms with E-state index in [0.717, 1.165) is 42.0 Å². The van der Waals surface area contributed by atoms with Gasteiger partial charge in [0.2, 0.25) is 5.91 Å². The van der Waals surface area contributed by atoms with Gasteiger partial charge in [-0.25, -0.2) is 0 Å². The van der Waals surface area contributed by atoms with Crippen LogP contribution >= 0.6 is 11.6 Å². The highest BCUT2D eigenvalue weighted by molar-refractivity contribution is 6.31. The summed E-state index contributed by atoms with van der Waals surface area (Å²) >= 11 is 6.47. The van der Waals surface area contributed by atoms with Crippen molar-refractivity contribution in [2.24, 2.45) is 0 Å². The maximum Gasteiger partial charge on any atom is 0.247 e. The molecule has 0 aliphatic carbocycles. The van der Waals surface area contributed by atoms with Crippen LogP contribution in [-0.2, 0) is 24.4 Å². The molecule has 0 spiro atoms. The van der Waals surface area contributed by atoms with E-state index < -0.39 is 0 Å². The summed E-state index contributed by atoms with van der Waals surface area (Å²) in [5.74, 6) is 0.583. The lowest BCUT2D eigenvalue weighted by molar-refractivity contribution is -0.127. The van der Waals surface area contributed by atoms with Crippen molar-refractivity contribution >= 4 is 23.6 Å². The highest BCUT2D eigenvalue weighted by Gasteiger charge is 2.16. The van der Waals surface area contributed by atoms with E-state index in [1.54, 1.807) is 40.4 Å². The van der Waals surface area contributed by atoms with Crippen LogP contribution in [0.2, 0.25) is 5.15 Å². The van der Waals surface area contributed by atoms with E-state index in [1.165, 1.54) is 0 Å². The van der Waals surface area contributed by atoms with Crippen LogP contribution in [0.3, 0.4) is 0 Å². The van der Waals surface area contributed by atoms with Crippen LogP contribution in [0.25, 0.3) is 6.08 Å². The lowest BCUT2D eigenvalue weighted by atomic mass is 10.2. The zero-order valence-electron chi connectivity index (χ0n) is 16.7. The molecule has 152 valence electrons. The number of aromatic nitrogens is 3. The molecule has 0 aromatic carbocycles. The quantitative estimate of drug-likeness (QED) is 0.470. The third-order valence-electron chi connectivity index (χ3n) is 4.56. The number of unbranched alkanes of at least 4 members (excludes halogenated alkanes) is 1. The molecule has 3 aromatic heterocycles. The average Bonchev–Trinajstić information content (AvgIpc) is 3.33. The highest BCUT2D eigenvalue weighted by Crippen LogP contribution is 2.22. The number of furan rings is 1. The minimum absolute atomic E-state index is 0.137. The van der Waals surface area contributed by atoms with Gasteiger partial charge in [-0.3, -0.25) is 14.5 Å². The summed E-state index contributed by atoms with van der Waals surface area (Å²) in [5.41, 5.74) is 2.53. The van der Waals surface area contributed by atoms with Crippen molar-refractivity contribution in [2.75, 3.05) is 0 Å². The van der Waals surface area contributed by atoms with Gasteiger partial charge >= 0.3 is 0 Å². The Labute approximate surface area is 175 Å². The molecule has 0 saturated heterocycles. The van der Waals surface area contributed by atoms with Crippen molar-refractivity contribution in [3.8, 4) is 0 Å². The first-order chi connectivity index (χ1) is 14.1. The van der Waals surface area contributed by atoms with Crippen molar-refractivity contribution in [1.29, 1.82) is 0 Å². The number of amides is 1. The lowest BCUT2D eigenvalue weighted by Gasteiger charge is -2.20. The first kappa shape index (κ1) is 20.9. The van der Waals surface area contributed by atoms with E-state index in [-0.39, 0.29) is 5.91 Å². The molecule has 0 fully saturated rings. The maximum absolute atomic E-state index is 13.0. The second kappa shape index (κ2) is 10.1. The summed E-state index contributed by atoms with van der Waals surface area (Å²) in [5, 5.41) is 5.04. The van der Waals surface area contributed by atoms with Gasteiger partial charge in [0.15, 0.2) is 0 Å². The third kappa shape index (κ3) is 5.57. The van der Waals surface area contributed by atoms with Crippen LogP contribution < -0.4 is 0 Å². The lowest BCUT2D eigenvalue weighted by Crippen LogP contribution is -2.28. The summed E-state index contributed by atoms with van der Waals surface area (Å²) in [7, 11) is 0. The standard InChI is InChI=1S/C22H25ClN4O2/c1-3-4-12-27-22(23)20(17(2)25-27)9-10-21(28)26(16-19-8-6-13-29-19)15-18-7-5-11-24-14-18/h5-11,13-14H,3-4,12,15-16H2,1-2H3. The Morgan fingerprint density at radius 2 is 2.17 bits per heavy atom. The number of hydrogen-bond acceptors (Lipinski definition) is 4. The Morgan fingerprint density at radius 3 is 2.86 bits per heavy atom. The number of hydrogen-bond donors (Lipinski definition) is 0. The van der Waals surface area contributed by atoms with E-state index in [1.807, 2.05) is 31.2 Å². The summed E-state index contributed by atoms with van der Waals surface area (Å²) in [6.45, 7) is 5.59. The zero-order valence-corrected chi connectivity index (χ0v) is 17.5. The molecule has 0 aliphatic heterocycles. The molecule has 0 N–H and O–H groups in total. The van der Waals surface area contributed by atoms with Gasteiger partial charge in [0.05, 0.1) is 18.5 Å². The Kier molecular flexibility index (Phi) is 7.25. The van der Waals surface area contributed by atoms with Gasteiger partial charge in [-0.05, 0) is 43.2 Å². The van der Waals surface area contributed by atoms with Crippen molar-refractivity contribution in [3.63, 3.8) is 0 Å². The zero-order chi connectivity index (χ0) is 20.6. The van der Waals surface area contributed by atoms with E-state index >= 15 is 0 Å². The minimum Gasteiger partial charge on any atom is -0.467 e. The normalized spacial score (nSPS) is 11.3. The second-order valence-corrected chi connectivity index (χ2v) is 7.19. The van der Waals surface area contributed by atoms with Crippen molar-refractivity contribution in [2.45, 2.75) is 46.3 Å². The molecule has 7 heteroatoms. The fourth-order valence-corrected chi connectivity index (χ4v) is 3.31. The third-order valence-corrected chi connectivity index (χ3v) is 4.96. The largest absolute Gasteiger partial charge is 0.467 e. The molecule has 1 amide bonds. The fourth-order valence-electron chi connectivity index (χ4n) is 2.99.